The molecule has 0 saturated carbocycles. The Labute approximate surface area is 664 Å². The number of aromatic nitrogens is 4. The number of aryl methyl sites for hydroxylation is 1. The number of nitrogens with zero attached hydrogens (tertiary/aromatic N) is 6. The molecule has 0 radical (unpaired) electrons. The quantitative estimate of drug-likeness (QED) is 0.0228. The smallest absolute Gasteiger partial charge is 0.491 e. The number of pyridine rings is 4. The summed E-state index contributed by atoms with van der Waals surface area (Å²) in [6.07, 6.45) is 6.54. The van der Waals surface area contributed by atoms with Gasteiger partial charge in [-0.15, -0.1) is 0 Å². The highest BCUT2D eigenvalue weighted by Gasteiger charge is 2.28. The van der Waals surface area contributed by atoms with Crippen LogP contribution in [0.4, 0.5) is 22.7 Å². The van der Waals surface area contributed by atoms with Gasteiger partial charge in [-0.2, -0.15) is 4.98 Å². The minimum atomic E-state index is -0.851. The summed E-state index contributed by atoms with van der Waals surface area (Å²) in [4.78, 5) is 43.1. The third-order valence-electron chi connectivity index (χ3n) is 9.71. The SMILES string of the molecule is CCCO.CCCOc1nc(Cl)ccc1NC=O.O=CNc1ccc(Cl)nc1Cl.OB1OCc2cc(O)ccc21.[2HH].[2H][2H].[2H][2H].[2H][2H].[2H][2H].[2H][2H].[2H][2H].[2H][2H].[2H][2H].[2H][2H].[2H][2H].[2H][2H].[2H][2H].[2H][2H].[2H][2H].[2H][2H].[2H][2H].[2H][2H].[2H][2H].[2H][2H].[2H][2H].[2H][2H].[2H][2H].[2H][2H].[2H][2H].[2H][2H].[2H][2H].[2H][2H].[2H][2H].[2H][2H].[2H][2H].[2H][2H].[2H][2H].[2H][2H].[2H][2H].[2H][2H].[2H][2H].[2H][2H].[2H][2H].[2H][2H].[2H][2H].[2H][2H].[2H][2H].[2H][2H].[2H][2H].[2H][2H].[2H][2H].[2H][2H].[2H][2H].[2H][2H].[2H][2H].[2H][2H].[2H][2H].[2H][2H].[2H][2H].[2H][2H].[2H][2H].[2H][2H].[2H][2H].[2H][2H].[2H][2H].[2H][2H].[2H][2H].[2H][2H].[2H][2H].[2H][2H].[C-]#[N+]c1ccc(Cl)nc1OCCC.[C-]#[N+]c1ccc(Oc2ccc3c(c2)COB3O)nc1CCCC. The lowest BCUT2D eigenvalue weighted by molar-refractivity contribution is -0.106. The molecule has 6 aromatic rings. The Balaban J connectivity index is -0.0000000167. The number of hydrogen-bond acceptors (Lipinski definition) is 15. The molecular formula is C51H188B2Cl4N8O11. The number of unbranched alkanes of at least 4 members (excludes halogenated alkanes) is 1. The summed E-state index contributed by atoms with van der Waals surface area (Å²) in [5.41, 5.74) is 6.04. The molecule has 4 aromatic heterocycles. The zero-order valence-electron chi connectivity index (χ0n) is 172. The Hall–Kier alpha value is -6.75. The highest BCUT2D eigenvalue weighted by molar-refractivity contribution is 6.62. The molecule has 6 N–H and O–H groups in total. The van der Waals surface area contributed by atoms with Gasteiger partial charge >= 0.3 is 14.2 Å². The first-order valence-electron chi connectivity index (χ1n) is 88.6. The van der Waals surface area contributed by atoms with Crippen LogP contribution in [0.1, 0.15) is 271 Å². The van der Waals surface area contributed by atoms with Gasteiger partial charge in [-0.25, -0.2) is 24.6 Å². The summed E-state index contributed by atoms with van der Waals surface area (Å²) in [5, 5.41) is 41.7. The fourth-order valence-corrected chi connectivity index (χ4v) is 6.73. The molecule has 6 heterocycles. The standard InChI is InChI=1S/C17H17BN2O3.C9H11ClN2O2.C9H9ClN2O.C7H7BO3.C6H4Cl2N2O.C3H8O.66H2/c1-3-4-5-16-15(19-2)8-9-17(20-16)23-13-6-7-14-12(10-13)11-22-18(14)21;1-2-5-14-9-7(11-6-13)3-4-8(10)12-9;1-3-6-13-9-7(11-2)4-5-8(10)12-9;9-6-1-2-7-5(3-6)4-11-8(7)10;7-5-2-1-4(9-3-11)6(8)10-5;1-2-3-4;;;;;;;;;;;;;;;;;;;;;;;;;;;;;;;;;;;;;;;;;;;;;;;;;;;;;;;;;;;;;;;;;;/h6-10,21H,3-5,11H2,1H3;3-4,6H,2,5H2,1H3,(H,11,13);4-5H,3,6H2,1H3;1-3,9-10H,4H2;1-3H,(H,9,11);4H,2-3H2,1H3;66*1H/i;;;;;;65*1+1D;1+1. The van der Waals surface area contributed by atoms with E-state index >= 15 is 0 Å². The molecule has 0 spiro atoms. The van der Waals surface area contributed by atoms with Crippen LogP contribution in [0.25, 0.3) is 9.69 Å². The summed E-state index contributed by atoms with van der Waals surface area (Å²) >= 11 is 22.4. The molecule has 2 aliphatic heterocycles. The Morgan fingerprint density at radius 1 is 0.684 bits per heavy atom. The van der Waals surface area contributed by atoms with Crippen molar-refractivity contribution in [2.45, 2.75) is 79.4 Å². The van der Waals surface area contributed by atoms with Crippen molar-refractivity contribution in [1.82, 2.24) is 19.9 Å². The summed E-state index contributed by atoms with van der Waals surface area (Å²) in [5.74, 6) is 2.01. The van der Waals surface area contributed by atoms with Gasteiger partial charge in [0, 0.05) is 201 Å². The minimum absolute atomic E-state index is 0. The van der Waals surface area contributed by atoms with Gasteiger partial charge in [0.1, 0.15) is 32.6 Å². The summed E-state index contributed by atoms with van der Waals surface area (Å²) in [6, 6.07) is 23.2. The van der Waals surface area contributed by atoms with Crippen LogP contribution >= 0.6 is 46.4 Å². The number of carbonyl (C=O) groups excluding carboxylic acids is 2. The molecule has 25 heteroatoms. The molecule has 2 aromatic carbocycles. The summed E-state index contributed by atoms with van der Waals surface area (Å²) < 4.78 is 676. The summed E-state index contributed by atoms with van der Waals surface area (Å²) in [6.45, 7) is 24.3. The number of fused-ring (bicyclic) bond motifs is 2. The van der Waals surface area contributed by atoms with E-state index in [4.69, 9.17) is 291 Å². The molecule has 76 heavy (non-hydrogen) atoms. The number of benzene rings is 2. The van der Waals surface area contributed by atoms with Crippen molar-refractivity contribution in [3.8, 4) is 29.1 Å². The van der Waals surface area contributed by atoms with Crippen LogP contribution in [0.2, 0.25) is 20.6 Å². The van der Waals surface area contributed by atoms with Crippen molar-refractivity contribution in [2.24, 2.45) is 0 Å². The molecule has 19 nitrogen and oxygen atoms in total. The molecular weight excluding hydrogens is 1060 g/mol. The molecule has 8 rings (SSSR count). The molecule has 0 saturated heterocycles. The first-order valence-corrected chi connectivity index (χ1v) is 25.1. The average molecular weight is 1390 g/mol. The number of amides is 2. The van der Waals surface area contributed by atoms with Crippen molar-refractivity contribution in [2.75, 3.05) is 30.5 Å². The highest BCUT2D eigenvalue weighted by atomic mass is 35.5. The van der Waals surface area contributed by atoms with Crippen LogP contribution in [-0.2, 0) is 38.5 Å². The zero-order chi connectivity index (χ0) is 186. The van der Waals surface area contributed by atoms with Gasteiger partial charge in [0.05, 0.1) is 51.0 Å². The number of phenolic OH excluding ortho intramolecular Hbond substituents is 1. The van der Waals surface area contributed by atoms with Crippen LogP contribution < -0.4 is 35.8 Å². The number of phenols is 1. The van der Waals surface area contributed by atoms with Gasteiger partial charge in [-0.05, 0) is 127 Å². The lowest BCUT2D eigenvalue weighted by Gasteiger charge is -2.09. The number of aromatic hydroxyl groups is 1. The van der Waals surface area contributed by atoms with E-state index in [1.807, 2.05) is 26.8 Å². The fourth-order valence-electron chi connectivity index (χ4n) is 6.05. The van der Waals surface area contributed by atoms with Gasteiger partial charge in [-0.1, -0.05) is 92.7 Å². The van der Waals surface area contributed by atoms with E-state index in [9.17, 15) is 14.6 Å². The molecule has 2 amide bonds. The molecule has 532 valence electrons. The largest absolute Gasteiger partial charge is 0.508 e. The number of aliphatic hydroxyl groups is 1. The Morgan fingerprint density at radius 3 is 1.78 bits per heavy atom. The Bertz CT molecular complexity index is 3060. The number of rotatable bonds is 16. The van der Waals surface area contributed by atoms with Crippen LogP contribution in [0, 0.1) is 13.1 Å². The third-order valence-corrected chi connectivity index (χ3v) is 10.6. The normalized spacial score (nSPS) is 18.0. The second-order valence-corrected chi connectivity index (χ2v) is 17.0. The van der Waals surface area contributed by atoms with Crippen molar-refractivity contribution in [3.63, 3.8) is 0 Å². The number of carbonyl (C=O) groups is 2. The number of nitrogens with one attached hydrogen (secondary N) is 2. The number of ether oxygens (including phenoxy) is 3. The maximum Gasteiger partial charge on any atom is 0.491 e. The number of hydrogen-bond donors (Lipinski definition) is 6. The van der Waals surface area contributed by atoms with Gasteiger partial charge in [0.25, 0.3) is 0 Å². The van der Waals surface area contributed by atoms with Crippen LogP contribution in [0.3, 0.4) is 0 Å². The van der Waals surface area contributed by atoms with E-state index < -0.39 is 14.2 Å². The van der Waals surface area contributed by atoms with Crippen molar-refractivity contribution in [1.29, 1.82) is 0 Å². The fraction of sp³-hybridized carbons (Fsp3) is 0.294. The Kier molecular flexibility index (Phi) is 8.12. The number of anilines is 2. The molecule has 0 aliphatic carbocycles. The topological polar surface area (TPSA) is 246 Å². The second-order valence-electron chi connectivity index (χ2n) is 15.5. The molecule has 0 bridgehead atoms. The third kappa shape index (κ3) is 21.8. The molecule has 0 unspecified atom stereocenters. The lowest BCUT2D eigenvalue weighted by atomic mass is 9.80. The molecule has 2 aliphatic rings. The molecule has 0 atom stereocenters. The lowest BCUT2D eigenvalue weighted by Crippen LogP contribution is -2.27. The maximum absolute atomic E-state index is 10.3. The zero-order valence-corrected chi connectivity index (χ0v) is 45.0. The van der Waals surface area contributed by atoms with Crippen molar-refractivity contribution >= 4 is 107 Å². The predicted octanol–water partition coefficient (Wildman–Crippen LogP) is 26.3. The number of halogens is 4. The van der Waals surface area contributed by atoms with Gasteiger partial charge in [0.2, 0.25) is 41.8 Å². The van der Waals surface area contributed by atoms with E-state index in [1.54, 1.807) is 72.8 Å². The van der Waals surface area contributed by atoms with E-state index in [0.29, 0.717) is 107 Å². The van der Waals surface area contributed by atoms with E-state index in [2.05, 4.69) is 47.2 Å². The van der Waals surface area contributed by atoms with Gasteiger partial charge < -0.3 is 54.4 Å². The van der Waals surface area contributed by atoms with Crippen LogP contribution in [0.5, 0.6) is 29.1 Å². The van der Waals surface area contributed by atoms with E-state index in [0.717, 1.165) is 66.3 Å². The predicted molar refractivity (Wildman–Crippen MR) is 435 cm³/mol. The monoisotopic (exact) mass is 1380 g/mol. The first kappa shape index (κ1) is 17.4. The maximum atomic E-state index is 10.3. The highest BCUT2D eigenvalue weighted by Crippen LogP contribution is 2.29. The van der Waals surface area contributed by atoms with Crippen molar-refractivity contribution in [3.05, 3.63) is 145 Å². The van der Waals surface area contributed by atoms with E-state index in [-0.39, 0.29) is 12.3 Å². The van der Waals surface area contributed by atoms with Crippen LogP contribution in [-0.4, -0.2) is 87.1 Å². The molecule has 0 fully saturated rings. The van der Waals surface area contributed by atoms with Crippen molar-refractivity contribution < 1.29 is 248 Å². The van der Waals surface area contributed by atoms with E-state index in [1.165, 1.54) is 6.07 Å². The summed E-state index contributed by atoms with van der Waals surface area (Å²) in [7, 11) is -1.67. The second kappa shape index (κ2) is 35.5. The first-order chi connectivity index (χ1) is 102. The van der Waals surface area contributed by atoms with Gasteiger partial charge in [0.15, 0.2) is 5.15 Å². The minimum Gasteiger partial charge on any atom is -0.508 e. The Morgan fingerprint density at radius 2 is 1.21 bits per heavy atom. The average Bonchev–Trinajstić information content (AvgIpc) is 1.68. The number of aliphatic hydroxyl groups excluding tert-OH is 1. The van der Waals surface area contributed by atoms with Crippen LogP contribution in [0.15, 0.2) is 84.9 Å². The van der Waals surface area contributed by atoms with Gasteiger partial charge in [-0.3, -0.25) is 9.59 Å².